The van der Waals surface area contributed by atoms with E-state index in [0.29, 0.717) is 5.56 Å². The molecule has 0 amide bonds. The summed E-state index contributed by atoms with van der Waals surface area (Å²) < 4.78 is 25.4. The van der Waals surface area contributed by atoms with Gasteiger partial charge in [-0.1, -0.05) is 93.1 Å². The van der Waals surface area contributed by atoms with Crippen LogP contribution in [-0.2, 0) is 0 Å². The van der Waals surface area contributed by atoms with Crippen molar-refractivity contribution in [2.24, 2.45) is 11.8 Å². The van der Waals surface area contributed by atoms with E-state index in [1.807, 2.05) is 32.9 Å². The van der Waals surface area contributed by atoms with Gasteiger partial charge in [0.1, 0.15) is 11.6 Å². The molecular weight excluding hydrogens is 434 g/mol. The monoisotopic (exact) mass is 480 g/mol. The second-order valence-electron chi connectivity index (χ2n) is 10.5. The van der Waals surface area contributed by atoms with Crippen molar-refractivity contribution in [1.29, 1.82) is 0 Å². The molecule has 0 spiro atoms. The SMILES string of the molecule is CC1CCC(C)CC1.Cc1cc(C)c(C)c(F)c1.Cc1ccc(C)c(F)c1.Cc1ccc(C)cc1. The van der Waals surface area contributed by atoms with Gasteiger partial charge in [-0.15, -0.1) is 0 Å². The minimum Gasteiger partial charge on any atom is -0.207 e. The van der Waals surface area contributed by atoms with Crippen LogP contribution in [0.4, 0.5) is 8.78 Å². The zero-order valence-electron chi connectivity index (χ0n) is 23.4. The number of aryl methyl sites for hydroxylation is 6. The third-order valence-electron chi connectivity index (χ3n) is 6.60. The van der Waals surface area contributed by atoms with Crippen molar-refractivity contribution in [1.82, 2.24) is 0 Å². The van der Waals surface area contributed by atoms with E-state index in [-0.39, 0.29) is 11.6 Å². The molecule has 0 heterocycles. The second-order valence-corrected chi connectivity index (χ2v) is 10.5. The van der Waals surface area contributed by atoms with Crippen molar-refractivity contribution in [3.63, 3.8) is 0 Å². The Morgan fingerprint density at radius 1 is 0.486 bits per heavy atom. The summed E-state index contributed by atoms with van der Waals surface area (Å²) in [6, 6.07) is 17.2. The summed E-state index contributed by atoms with van der Waals surface area (Å²) in [7, 11) is 0. The van der Waals surface area contributed by atoms with Crippen molar-refractivity contribution >= 4 is 0 Å². The van der Waals surface area contributed by atoms with Gasteiger partial charge < -0.3 is 0 Å². The highest BCUT2D eigenvalue weighted by atomic mass is 19.1. The van der Waals surface area contributed by atoms with E-state index in [1.165, 1.54) is 42.9 Å². The lowest BCUT2D eigenvalue weighted by atomic mass is 9.84. The number of hydrogen-bond acceptors (Lipinski definition) is 0. The molecule has 2 heteroatoms. The van der Waals surface area contributed by atoms with Gasteiger partial charge in [-0.3, -0.25) is 0 Å². The average molecular weight is 481 g/mol. The molecule has 192 valence electrons. The summed E-state index contributed by atoms with van der Waals surface area (Å²) in [5.41, 5.74) is 7.11. The lowest BCUT2D eigenvalue weighted by Crippen LogP contribution is -2.08. The molecule has 0 nitrogen and oxygen atoms in total. The average Bonchev–Trinajstić information content (AvgIpc) is 2.80. The van der Waals surface area contributed by atoms with Crippen molar-refractivity contribution < 1.29 is 8.78 Å². The quantitative estimate of drug-likeness (QED) is 0.300. The van der Waals surface area contributed by atoms with Crippen LogP contribution in [0.1, 0.15) is 78.5 Å². The molecule has 1 saturated carbocycles. The zero-order chi connectivity index (χ0) is 26.5. The van der Waals surface area contributed by atoms with Gasteiger partial charge in [0.05, 0.1) is 0 Å². The Bertz CT molecular complexity index is 956. The van der Waals surface area contributed by atoms with Gasteiger partial charge in [0, 0.05) is 0 Å². The van der Waals surface area contributed by atoms with E-state index >= 15 is 0 Å². The molecule has 0 aromatic heterocycles. The van der Waals surface area contributed by atoms with Crippen molar-refractivity contribution in [3.8, 4) is 0 Å². The Kier molecular flexibility index (Phi) is 13.5. The van der Waals surface area contributed by atoms with E-state index in [0.717, 1.165) is 34.1 Å². The third-order valence-corrected chi connectivity index (χ3v) is 6.60. The predicted molar refractivity (Wildman–Crippen MR) is 149 cm³/mol. The number of rotatable bonds is 0. The topological polar surface area (TPSA) is 0 Å². The number of hydrogen-bond donors (Lipinski definition) is 0. The van der Waals surface area contributed by atoms with Gasteiger partial charge in [0.2, 0.25) is 0 Å². The largest absolute Gasteiger partial charge is 0.207 e. The molecule has 0 saturated heterocycles. The van der Waals surface area contributed by atoms with E-state index < -0.39 is 0 Å². The fraction of sp³-hybridized carbons (Fsp3) is 0.455. The van der Waals surface area contributed by atoms with Gasteiger partial charge in [-0.05, 0) is 100 Å². The molecule has 0 N–H and O–H groups in total. The predicted octanol–water partition coefficient (Wildman–Crippen LogP) is 10.3. The van der Waals surface area contributed by atoms with Crippen LogP contribution in [0.2, 0.25) is 0 Å². The van der Waals surface area contributed by atoms with Crippen LogP contribution in [0.5, 0.6) is 0 Å². The Labute approximate surface area is 213 Å². The Balaban J connectivity index is 0.000000234. The molecular formula is C33H46F2. The molecule has 4 rings (SSSR count). The van der Waals surface area contributed by atoms with Crippen LogP contribution in [-0.4, -0.2) is 0 Å². The highest BCUT2D eigenvalue weighted by Crippen LogP contribution is 2.27. The first-order valence-electron chi connectivity index (χ1n) is 12.9. The maximum absolute atomic E-state index is 12.8. The van der Waals surface area contributed by atoms with Gasteiger partial charge in [0.15, 0.2) is 0 Å². The minimum atomic E-state index is -0.116. The van der Waals surface area contributed by atoms with Crippen LogP contribution in [0.15, 0.2) is 54.6 Å². The molecule has 0 atom stereocenters. The van der Waals surface area contributed by atoms with E-state index in [2.05, 4.69) is 52.0 Å². The summed E-state index contributed by atoms with van der Waals surface area (Å²) in [5, 5.41) is 0. The Morgan fingerprint density at radius 2 is 0.886 bits per heavy atom. The lowest BCUT2D eigenvalue weighted by molar-refractivity contribution is 0.308. The molecule has 0 unspecified atom stereocenters. The van der Waals surface area contributed by atoms with Gasteiger partial charge in [-0.2, -0.15) is 0 Å². The molecule has 1 aliphatic rings. The fourth-order valence-electron chi connectivity index (χ4n) is 3.75. The number of halogens is 2. The highest BCUT2D eigenvalue weighted by molar-refractivity contribution is 5.30. The van der Waals surface area contributed by atoms with Crippen molar-refractivity contribution in [3.05, 3.63) is 105 Å². The van der Waals surface area contributed by atoms with Gasteiger partial charge in [0.25, 0.3) is 0 Å². The standard InChI is InChI=1S/C9H11F.C8H9F.C8H16.C8H10/c1-6-4-7(2)8(3)9(10)5-6;1-6-3-4-7(2)8(9)5-6;2*1-7-3-5-8(2)6-4-7/h4-5H,1-3H3;3-5H,1-2H3;7-8H,3-6H2,1-2H3;3-6H,1-2H3. The summed E-state index contributed by atoms with van der Waals surface area (Å²) >= 11 is 0. The molecule has 0 bridgehead atoms. The third kappa shape index (κ3) is 12.7. The van der Waals surface area contributed by atoms with E-state index in [4.69, 9.17) is 0 Å². The van der Waals surface area contributed by atoms with Crippen LogP contribution in [0.3, 0.4) is 0 Å². The zero-order valence-corrected chi connectivity index (χ0v) is 23.4. The Hall–Kier alpha value is -2.48. The maximum atomic E-state index is 12.8. The molecule has 35 heavy (non-hydrogen) atoms. The second kappa shape index (κ2) is 15.5. The van der Waals surface area contributed by atoms with Crippen LogP contribution < -0.4 is 0 Å². The molecule has 1 aliphatic carbocycles. The first kappa shape index (κ1) is 30.6. The van der Waals surface area contributed by atoms with Gasteiger partial charge in [-0.25, -0.2) is 8.78 Å². The van der Waals surface area contributed by atoms with Crippen LogP contribution >= 0.6 is 0 Å². The van der Waals surface area contributed by atoms with Gasteiger partial charge >= 0.3 is 0 Å². The highest BCUT2D eigenvalue weighted by Gasteiger charge is 2.13. The maximum Gasteiger partial charge on any atom is 0.126 e. The van der Waals surface area contributed by atoms with Crippen molar-refractivity contribution in [2.75, 3.05) is 0 Å². The van der Waals surface area contributed by atoms with E-state index in [9.17, 15) is 8.78 Å². The first-order chi connectivity index (χ1) is 16.4. The van der Waals surface area contributed by atoms with Crippen LogP contribution in [0.25, 0.3) is 0 Å². The lowest BCUT2D eigenvalue weighted by Gasteiger charge is -2.22. The van der Waals surface area contributed by atoms with Crippen molar-refractivity contribution in [2.45, 2.75) is 88.0 Å². The normalized spacial score (nSPS) is 16.5. The van der Waals surface area contributed by atoms with E-state index in [1.54, 1.807) is 26.0 Å². The molecule has 3 aromatic carbocycles. The molecule has 0 aliphatic heterocycles. The smallest absolute Gasteiger partial charge is 0.126 e. The molecule has 3 aromatic rings. The summed E-state index contributed by atoms with van der Waals surface area (Å²) in [5.74, 6) is 1.82. The minimum absolute atomic E-state index is 0.0995. The molecule has 1 fully saturated rings. The molecule has 0 radical (unpaired) electrons. The fourth-order valence-corrected chi connectivity index (χ4v) is 3.75. The summed E-state index contributed by atoms with van der Waals surface area (Å²) in [4.78, 5) is 0. The Morgan fingerprint density at radius 3 is 1.26 bits per heavy atom. The first-order valence-corrected chi connectivity index (χ1v) is 12.9. The summed E-state index contributed by atoms with van der Waals surface area (Å²) in [6.45, 7) is 18.2. The number of benzene rings is 3. The van der Waals surface area contributed by atoms with Crippen LogP contribution in [0, 0.1) is 71.9 Å². The summed E-state index contributed by atoms with van der Waals surface area (Å²) in [6.07, 6.45) is 5.89.